The molecule has 0 saturated heterocycles. The molecule has 1 amide bonds. The number of amides is 1. The topological polar surface area (TPSA) is 79.6 Å². The average Bonchev–Trinajstić information content (AvgIpc) is 2.93. The number of hydrogen-bond donors (Lipinski definition) is 0. The molecule has 0 aromatic heterocycles. The molecular formula is C19H16N2O4. The van der Waals surface area contributed by atoms with Crippen LogP contribution >= 0.6 is 0 Å². The number of hydrogen-bond acceptors (Lipinski definition) is 5. The SMILES string of the molecule is COC(=O)c1ccc(CN2C(=O)c3c(OC)cccc3C2C#N)cc1. The average molecular weight is 336 g/mol. The van der Waals surface area contributed by atoms with Crippen molar-refractivity contribution >= 4 is 11.9 Å². The first-order valence-corrected chi connectivity index (χ1v) is 7.65. The molecule has 1 unspecified atom stereocenters. The normalized spacial score (nSPS) is 15.5. The summed E-state index contributed by atoms with van der Waals surface area (Å²) in [6.45, 7) is 0.260. The number of carbonyl (C=O) groups excluding carboxylic acids is 2. The smallest absolute Gasteiger partial charge is 0.337 e. The van der Waals surface area contributed by atoms with Gasteiger partial charge in [0.1, 0.15) is 11.8 Å². The van der Waals surface area contributed by atoms with Crippen molar-refractivity contribution in [3.05, 3.63) is 64.7 Å². The van der Waals surface area contributed by atoms with E-state index in [0.29, 0.717) is 22.4 Å². The van der Waals surface area contributed by atoms with Crippen molar-refractivity contribution in [2.45, 2.75) is 12.6 Å². The predicted octanol–water partition coefficient (Wildman–Crippen LogP) is 2.70. The molecule has 0 fully saturated rings. The first-order valence-electron chi connectivity index (χ1n) is 7.65. The molecule has 0 spiro atoms. The van der Waals surface area contributed by atoms with Gasteiger partial charge in [0.25, 0.3) is 5.91 Å². The van der Waals surface area contributed by atoms with E-state index in [1.807, 2.05) is 0 Å². The highest BCUT2D eigenvalue weighted by Gasteiger charge is 2.39. The van der Waals surface area contributed by atoms with E-state index in [4.69, 9.17) is 4.74 Å². The number of methoxy groups -OCH3 is 2. The van der Waals surface area contributed by atoms with Gasteiger partial charge >= 0.3 is 5.97 Å². The summed E-state index contributed by atoms with van der Waals surface area (Å²) in [4.78, 5) is 25.8. The van der Waals surface area contributed by atoms with Crippen LogP contribution in [-0.2, 0) is 11.3 Å². The Morgan fingerprint density at radius 1 is 1.20 bits per heavy atom. The van der Waals surface area contributed by atoms with Crippen molar-refractivity contribution in [3.8, 4) is 11.8 Å². The van der Waals surface area contributed by atoms with Crippen LogP contribution in [0.5, 0.6) is 5.75 Å². The van der Waals surface area contributed by atoms with Gasteiger partial charge in [-0.05, 0) is 23.8 Å². The Morgan fingerprint density at radius 3 is 2.52 bits per heavy atom. The minimum Gasteiger partial charge on any atom is -0.496 e. The minimum atomic E-state index is -0.669. The summed E-state index contributed by atoms with van der Waals surface area (Å²) in [5.41, 5.74) is 2.33. The lowest BCUT2D eigenvalue weighted by Gasteiger charge is -2.20. The lowest BCUT2D eigenvalue weighted by molar-refractivity contribution is 0.0600. The van der Waals surface area contributed by atoms with E-state index >= 15 is 0 Å². The van der Waals surface area contributed by atoms with Crippen LogP contribution in [0.15, 0.2) is 42.5 Å². The summed E-state index contributed by atoms with van der Waals surface area (Å²) in [7, 11) is 2.82. The third-order valence-corrected chi connectivity index (χ3v) is 4.21. The second kappa shape index (κ2) is 6.65. The quantitative estimate of drug-likeness (QED) is 0.802. The van der Waals surface area contributed by atoms with Crippen LogP contribution in [0.2, 0.25) is 0 Å². The van der Waals surface area contributed by atoms with Gasteiger partial charge in [-0.25, -0.2) is 4.79 Å². The number of nitrogens with zero attached hydrogens (tertiary/aromatic N) is 2. The highest BCUT2D eigenvalue weighted by Crippen LogP contribution is 2.39. The molecule has 1 aliphatic rings. The Bertz CT molecular complexity index is 868. The Kier molecular flexibility index (Phi) is 4.40. The summed E-state index contributed by atoms with van der Waals surface area (Å²) >= 11 is 0. The van der Waals surface area contributed by atoms with Crippen molar-refractivity contribution in [2.24, 2.45) is 0 Å². The van der Waals surface area contributed by atoms with Crippen molar-refractivity contribution in [1.29, 1.82) is 5.26 Å². The lowest BCUT2D eigenvalue weighted by atomic mass is 10.0. The van der Waals surface area contributed by atoms with E-state index < -0.39 is 12.0 Å². The third kappa shape index (κ3) is 2.81. The summed E-state index contributed by atoms with van der Waals surface area (Å²) in [6, 6.07) is 13.5. The number of esters is 1. The van der Waals surface area contributed by atoms with Gasteiger partial charge in [-0.3, -0.25) is 4.79 Å². The van der Waals surface area contributed by atoms with Crippen molar-refractivity contribution in [1.82, 2.24) is 4.90 Å². The van der Waals surface area contributed by atoms with E-state index in [-0.39, 0.29) is 12.5 Å². The molecule has 6 heteroatoms. The number of fused-ring (bicyclic) bond motifs is 1. The van der Waals surface area contributed by atoms with E-state index in [1.54, 1.807) is 42.5 Å². The molecule has 126 valence electrons. The van der Waals surface area contributed by atoms with Crippen molar-refractivity contribution < 1.29 is 19.1 Å². The predicted molar refractivity (Wildman–Crippen MR) is 89.0 cm³/mol. The number of ether oxygens (including phenoxy) is 2. The van der Waals surface area contributed by atoms with E-state index in [0.717, 1.165) is 5.56 Å². The maximum atomic E-state index is 12.8. The van der Waals surface area contributed by atoms with Gasteiger partial charge < -0.3 is 14.4 Å². The first kappa shape index (κ1) is 16.5. The van der Waals surface area contributed by atoms with Gasteiger partial charge in [0, 0.05) is 12.1 Å². The molecule has 2 aromatic carbocycles. The summed E-state index contributed by atoms with van der Waals surface area (Å²) < 4.78 is 9.93. The molecule has 0 radical (unpaired) electrons. The number of nitriles is 1. The van der Waals surface area contributed by atoms with Crippen LogP contribution in [0.25, 0.3) is 0 Å². The van der Waals surface area contributed by atoms with Crippen molar-refractivity contribution in [3.63, 3.8) is 0 Å². The molecule has 0 N–H and O–H groups in total. The zero-order chi connectivity index (χ0) is 18.0. The summed E-state index contributed by atoms with van der Waals surface area (Å²) in [5, 5.41) is 9.55. The summed E-state index contributed by atoms with van der Waals surface area (Å²) in [6.07, 6.45) is 0. The Balaban J connectivity index is 1.90. The second-order valence-electron chi connectivity index (χ2n) is 5.58. The Labute approximate surface area is 145 Å². The Morgan fingerprint density at radius 2 is 1.92 bits per heavy atom. The second-order valence-corrected chi connectivity index (χ2v) is 5.58. The maximum absolute atomic E-state index is 12.8. The van der Waals surface area contributed by atoms with Crippen LogP contribution in [0.3, 0.4) is 0 Å². The molecule has 1 atom stereocenters. The van der Waals surface area contributed by atoms with Crippen LogP contribution in [0.4, 0.5) is 0 Å². The standard InChI is InChI=1S/C19H16N2O4/c1-24-16-5-3-4-14-15(10-20)21(18(22)17(14)16)11-12-6-8-13(9-7-12)19(23)25-2/h3-9,15H,11H2,1-2H3. The first-order chi connectivity index (χ1) is 12.1. The van der Waals surface area contributed by atoms with Crippen LogP contribution in [-0.4, -0.2) is 31.0 Å². The largest absolute Gasteiger partial charge is 0.496 e. The molecule has 1 heterocycles. The van der Waals surface area contributed by atoms with E-state index in [2.05, 4.69) is 10.8 Å². The fourth-order valence-electron chi connectivity index (χ4n) is 2.97. The highest BCUT2D eigenvalue weighted by atomic mass is 16.5. The highest BCUT2D eigenvalue weighted by molar-refractivity contribution is 6.02. The Hall–Kier alpha value is -3.33. The van der Waals surface area contributed by atoms with Gasteiger partial charge in [0.2, 0.25) is 0 Å². The van der Waals surface area contributed by atoms with Crippen molar-refractivity contribution in [2.75, 3.05) is 14.2 Å². The number of carbonyl (C=O) groups is 2. The fraction of sp³-hybridized carbons (Fsp3) is 0.211. The zero-order valence-electron chi connectivity index (χ0n) is 13.9. The molecule has 0 bridgehead atoms. The summed E-state index contributed by atoms with van der Waals surface area (Å²) in [5.74, 6) is -0.196. The molecule has 1 aliphatic heterocycles. The minimum absolute atomic E-state index is 0.240. The molecule has 6 nitrogen and oxygen atoms in total. The zero-order valence-corrected chi connectivity index (χ0v) is 13.9. The van der Waals surface area contributed by atoms with Gasteiger partial charge in [0.15, 0.2) is 0 Å². The van der Waals surface area contributed by atoms with E-state index in [1.165, 1.54) is 19.1 Å². The molecule has 3 rings (SSSR count). The molecule has 0 saturated carbocycles. The van der Waals surface area contributed by atoms with Gasteiger partial charge in [-0.2, -0.15) is 5.26 Å². The molecule has 2 aromatic rings. The van der Waals surface area contributed by atoms with Crippen LogP contribution < -0.4 is 4.74 Å². The maximum Gasteiger partial charge on any atom is 0.337 e. The fourth-order valence-corrected chi connectivity index (χ4v) is 2.97. The number of rotatable bonds is 4. The molecule has 25 heavy (non-hydrogen) atoms. The third-order valence-electron chi connectivity index (χ3n) is 4.21. The monoisotopic (exact) mass is 336 g/mol. The number of benzene rings is 2. The van der Waals surface area contributed by atoms with Gasteiger partial charge in [-0.15, -0.1) is 0 Å². The van der Waals surface area contributed by atoms with E-state index in [9.17, 15) is 14.9 Å². The lowest BCUT2D eigenvalue weighted by Crippen LogP contribution is -2.27. The van der Waals surface area contributed by atoms with Gasteiger partial charge in [-0.1, -0.05) is 24.3 Å². The van der Waals surface area contributed by atoms with Crippen LogP contribution in [0.1, 0.15) is 37.9 Å². The van der Waals surface area contributed by atoms with Crippen LogP contribution in [0, 0.1) is 11.3 Å². The molecular weight excluding hydrogens is 320 g/mol. The van der Waals surface area contributed by atoms with Gasteiger partial charge in [0.05, 0.1) is 31.4 Å². The molecule has 0 aliphatic carbocycles.